The number of halogens is 2. The molecule has 11 heteroatoms. The summed E-state index contributed by atoms with van der Waals surface area (Å²) in [5.41, 5.74) is 0.151. The van der Waals surface area contributed by atoms with Gasteiger partial charge < -0.3 is 19.9 Å². The number of alkyl halides is 1. The van der Waals surface area contributed by atoms with E-state index in [0.717, 1.165) is 82.5 Å². The minimum atomic E-state index is -3.28. The second-order valence-corrected chi connectivity index (χ2v) is 15.8. The fraction of sp³-hybridized carbons (Fsp3) is 0.618. The predicted octanol–water partition coefficient (Wildman–Crippen LogP) is 4.64. The van der Waals surface area contributed by atoms with Crippen LogP contribution in [0.25, 0.3) is 0 Å². The molecule has 4 aliphatic rings. The third-order valence-electron chi connectivity index (χ3n) is 10.9. The van der Waals surface area contributed by atoms with Crippen molar-refractivity contribution in [2.45, 2.75) is 60.5 Å². The number of rotatable bonds is 10. The molecule has 4 fully saturated rings. The molecule has 0 spiro atoms. The number of hydrogen-bond donors (Lipinski definition) is 1. The SMILES string of the molecule is COC(=O)N[C@H]1CCC[C@@H]1[C@](CN1CCC1)(c1cccc(F)c1)C1CCN(CC2(F)CN(c3ccc(S(C)(=O)=O)cc3)C2)CC1. The van der Waals surface area contributed by atoms with Crippen molar-refractivity contribution in [3.05, 3.63) is 59.9 Å². The largest absolute Gasteiger partial charge is 0.453 e. The van der Waals surface area contributed by atoms with Crippen LogP contribution in [-0.2, 0) is 20.0 Å². The molecule has 2 aromatic carbocycles. The van der Waals surface area contributed by atoms with E-state index in [9.17, 15) is 17.6 Å². The number of alkyl carbamates (subject to hydrolysis) is 1. The Morgan fingerprint density at radius 1 is 1.00 bits per heavy atom. The van der Waals surface area contributed by atoms with Gasteiger partial charge in [0.2, 0.25) is 0 Å². The number of hydrogen-bond acceptors (Lipinski definition) is 7. The molecule has 6 rings (SSSR count). The van der Waals surface area contributed by atoms with Crippen molar-refractivity contribution >= 4 is 21.6 Å². The average molecular weight is 645 g/mol. The second kappa shape index (κ2) is 12.8. The summed E-state index contributed by atoms with van der Waals surface area (Å²) in [4.78, 5) is 19.3. The molecule has 8 nitrogen and oxygen atoms in total. The molecule has 3 atom stereocenters. The number of piperidine rings is 1. The third-order valence-corrected chi connectivity index (χ3v) is 12.0. The molecule has 1 amide bonds. The van der Waals surface area contributed by atoms with Crippen LogP contribution >= 0.6 is 0 Å². The molecule has 3 saturated heterocycles. The highest BCUT2D eigenvalue weighted by Gasteiger charge is 2.53. The maximum Gasteiger partial charge on any atom is 0.407 e. The molecule has 1 saturated carbocycles. The number of ether oxygens (including phenoxy) is 1. The van der Waals surface area contributed by atoms with Crippen molar-refractivity contribution in [3.63, 3.8) is 0 Å². The fourth-order valence-electron chi connectivity index (χ4n) is 8.57. The summed E-state index contributed by atoms with van der Waals surface area (Å²) in [6.07, 6.45) is 6.47. The summed E-state index contributed by atoms with van der Waals surface area (Å²) >= 11 is 0. The van der Waals surface area contributed by atoms with Gasteiger partial charge in [-0.3, -0.25) is 4.90 Å². The number of sulfone groups is 1. The lowest BCUT2D eigenvalue weighted by Crippen LogP contribution is -2.65. The summed E-state index contributed by atoms with van der Waals surface area (Å²) in [5.74, 6) is 0.147. The number of methoxy groups -OCH3 is 1. The van der Waals surface area contributed by atoms with E-state index < -0.39 is 21.6 Å². The minimum Gasteiger partial charge on any atom is -0.453 e. The molecule has 1 N–H and O–H groups in total. The first-order valence-electron chi connectivity index (χ1n) is 16.3. The summed E-state index contributed by atoms with van der Waals surface area (Å²) in [6.45, 7) is 5.30. The van der Waals surface area contributed by atoms with Gasteiger partial charge in [-0.05, 0) is 112 Å². The number of nitrogens with zero attached hydrogens (tertiary/aromatic N) is 3. The van der Waals surface area contributed by atoms with Crippen LogP contribution < -0.4 is 10.2 Å². The van der Waals surface area contributed by atoms with Crippen LogP contribution in [0, 0.1) is 17.7 Å². The molecule has 0 radical (unpaired) electrons. The number of likely N-dealkylation sites (tertiary alicyclic amines) is 2. The Hall–Kier alpha value is -2.76. The van der Waals surface area contributed by atoms with Gasteiger partial charge >= 0.3 is 6.09 Å². The van der Waals surface area contributed by atoms with E-state index in [0.29, 0.717) is 6.54 Å². The number of anilines is 1. The maximum atomic E-state index is 15.9. The van der Waals surface area contributed by atoms with E-state index >= 15 is 4.39 Å². The average Bonchev–Trinajstić information content (AvgIpc) is 3.44. The number of carbonyl (C=O) groups is 1. The molecule has 246 valence electrons. The maximum absolute atomic E-state index is 15.9. The van der Waals surface area contributed by atoms with Crippen LogP contribution in [0.4, 0.5) is 19.3 Å². The van der Waals surface area contributed by atoms with E-state index in [4.69, 9.17) is 4.74 Å². The van der Waals surface area contributed by atoms with Gasteiger partial charge in [0.1, 0.15) is 5.82 Å². The van der Waals surface area contributed by atoms with Crippen LogP contribution in [-0.4, -0.2) is 102 Å². The van der Waals surface area contributed by atoms with E-state index in [1.807, 2.05) is 11.0 Å². The summed E-state index contributed by atoms with van der Waals surface area (Å²) in [6, 6.07) is 13.7. The molecule has 2 aromatic rings. The van der Waals surface area contributed by atoms with Crippen LogP contribution in [0.1, 0.15) is 44.1 Å². The highest BCUT2D eigenvalue weighted by molar-refractivity contribution is 7.90. The standard InChI is InChI=1S/C34H46F2N4O4S/c1-44-32(41)37-31-9-4-8-30(31)34(24-38-16-5-17-38,26-6-3-7-27(35)20-26)25-14-18-39(19-15-25)21-33(36)22-40(23-33)28-10-12-29(13-11-28)45(2,42)43/h3,6-7,10-13,20,25,30-31H,4-5,8-9,14-19,21-24H2,1-2H3,(H,37,41)/t30-,31-,34-/m0/s1. The number of nitrogens with one attached hydrogen (secondary N) is 1. The van der Waals surface area contributed by atoms with Crippen LogP contribution in [0.3, 0.4) is 0 Å². The lowest BCUT2D eigenvalue weighted by atomic mass is 9.57. The first-order chi connectivity index (χ1) is 21.5. The van der Waals surface area contributed by atoms with E-state index in [1.165, 1.54) is 19.4 Å². The van der Waals surface area contributed by atoms with Crippen molar-refractivity contribution in [3.8, 4) is 0 Å². The Balaban J connectivity index is 1.18. The van der Waals surface area contributed by atoms with Gasteiger partial charge in [-0.15, -0.1) is 0 Å². The Morgan fingerprint density at radius 2 is 1.71 bits per heavy atom. The Bertz CT molecular complexity index is 1460. The topological polar surface area (TPSA) is 82.2 Å². The zero-order valence-corrected chi connectivity index (χ0v) is 27.2. The van der Waals surface area contributed by atoms with Crippen molar-refractivity contribution in [1.29, 1.82) is 0 Å². The van der Waals surface area contributed by atoms with Gasteiger partial charge in [-0.25, -0.2) is 22.0 Å². The van der Waals surface area contributed by atoms with Crippen molar-refractivity contribution in [1.82, 2.24) is 15.1 Å². The lowest BCUT2D eigenvalue weighted by molar-refractivity contribution is 0.00584. The van der Waals surface area contributed by atoms with E-state index in [-0.39, 0.29) is 47.1 Å². The molecule has 45 heavy (non-hydrogen) atoms. The fourth-order valence-corrected chi connectivity index (χ4v) is 9.20. The summed E-state index contributed by atoms with van der Waals surface area (Å²) in [7, 11) is -1.88. The highest BCUT2D eigenvalue weighted by Crippen LogP contribution is 2.51. The number of benzene rings is 2. The molecule has 0 bridgehead atoms. The molecule has 3 heterocycles. The summed E-state index contributed by atoms with van der Waals surface area (Å²) < 4.78 is 59.4. The van der Waals surface area contributed by atoms with E-state index in [2.05, 4.69) is 21.2 Å². The first kappa shape index (κ1) is 32.2. The normalized spacial score (nSPS) is 25.6. The van der Waals surface area contributed by atoms with Gasteiger partial charge in [0, 0.05) is 36.5 Å². The van der Waals surface area contributed by atoms with Gasteiger partial charge in [0.25, 0.3) is 0 Å². The molecule has 0 aromatic heterocycles. The zero-order valence-electron chi connectivity index (χ0n) is 26.4. The third kappa shape index (κ3) is 6.72. The molecule has 1 aliphatic carbocycles. The number of carbonyl (C=O) groups excluding carboxylic acids is 1. The van der Waals surface area contributed by atoms with Gasteiger partial charge in [0.15, 0.2) is 15.5 Å². The number of amides is 1. The van der Waals surface area contributed by atoms with Gasteiger partial charge in [-0.1, -0.05) is 18.6 Å². The van der Waals surface area contributed by atoms with Gasteiger partial charge in [-0.2, -0.15) is 0 Å². The Kier molecular flexibility index (Phi) is 9.15. The van der Waals surface area contributed by atoms with E-state index in [1.54, 1.807) is 30.3 Å². The Labute approximate surface area is 266 Å². The molecular formula is C34H46F2N4O4S. The van der Waals surface area contributed by atoms with Crippen molar-refractivity contribution in [2.24, 2.45) is 11.8 Å². The Morgan fingerprint density at radius 3 is 2.31 bits per heavy atom. The van der Waals surface area contributed by atoms with Crippen molar-refractivity contribution in [2.75, 3.05) is 70.6 Å². The lowest BCUT2D eigenvalue weighted by Gasteiger charge is -2.54. The minimum absolute atomic E-state index is 0.0541. The molecule has 3 aliphatic heterocycles. The smallest absolute Gasteiger partial charge is 0.407 e. The quantitative estimate of drug-likeness (QED) is 0.404. The molecular weight excluding hydrogens is 598 g/mol. The van der Waals surface area contributed by atoms with Gasteiger partial charge in [0.05, 0.1) is 25.1 Å². The zero-order chi connectivity index (χ0) is 31.8. The highest BCUT2D eigenvalue weighted by atomic mass is 32.2. The second-order valence-electron chi connectivity index (χ2n) is 13.8. The summed E-state index contributed by atoms with van der Waals surface area (Å²) in [5, 5.41) is 3.13. The van der Waals surface area contributed by atoms with Crippen LogP contribution in [0.5, 0.6) is 0 Å². The first-order valence-corrected chi connectivity index (χ1v) is 18.2. The monoisotopic (exact) mass is 644 g/mol. The van der Waals surface area contributed by atoms with Crippen molar-refractivity contribution < 1.29 is 26.7 Å². The van der Waals surface area contributed by atoms with Crippen LogP contribution in [0.2, 0.25) is 0 Å². The van der Waals surface area contributed by atoms with Crippen LogP contribution in [0.15, 0.2) is 53.4 Å². The predicted molar refractivity (Wildman–Crippen MR) is 171 cm³/mol. The molecule has 0 unspecified atom stereocenters.